The fourth-order valence-corrected chi connectivity index (χ4v) is 3.35. The molecule has 0 aromatic heterocycles. The Morgan fingerprint density at radius 2 is 2.00 bits per heavy atom. The number of hydrogen-bond acceptors (Lipinski definition) is 5. The van der Waals surface area contributed by atoms with Crippen LogP contribution < -0.4 is 5.32 Å². The third kappa shape index (κ3) is 3.16. The van der Waals surface area contributed by atoms with Gasteiger partial charge in [0.25, 0.3) is 0 Å². The fourth-order valence-electron chi connectivity index (χ4n) is 3.35. The lowest BCUT2D eigenvalue weighted by Gasteiger charge is -2.36. The molecule has 2 fully saturated rings. The molecule has 0 radical (unpaired) electrons. The summed E-state index contributed by atoms with van der Waals surface area (Å²) in [4.78, 5) is 25.5. The van der Waals surface area contributed by atoms with Crippen LogP contribution in [0.1, 0.15) is 12.8 Å². The first-order chi connectivity index (χ1) is 10.7. The highest BCUT2D eigenvalue weighted by atomic mass is 16.6. The van der Waals surface area contributed by atoms with Crippen LogP contribution in [0.5, 0.6) is 0 Å². The first kappa shape index (κ1) is 15.1. The van der Waals surface area contributed by atoms with E-state index in [0.717, 1.165) is 13.0 Å². The zero-order valence-corrected chi connectivity index (χ0v) is 12.7. The summed E-state index contributed by atoms with van der Waals surface area (Å²) in [5, 5.41) is 3.02. The number of amides is 1. The van der Waals surface area contributed by atoms with Crippen molar-refractivity contribution < 1.29 is 19.1 Å². The molecule has 0 aromatic carbocycles. The standard InChI is InChI=1S/C16H22N2O4/c1-21-15(19)14-8-13(9-17-14)22-16(20)18-7-6-11-4-2-3-5-12(11)10-18/h2-5,11-14,17H,6-10H2,1H3/t11?,12?,13-,14+/m1/s1. The summed E-state index contributed by atoms with van der Waals surface area (Å²) in [6.07, 6.45) is 9.39. The number of carbonyl (C=O) groups is 2. The molecular formula is C16H22N2O4. The lowest BCUT2D eigenvalue weighted by molar-refractivity contribution is -0.142. The minimum atomic E-state index is -0.375. The average Bonchev–Trinajstić information content (AvgIpc) is 3.02. The number of esters is 1. The van der Waals surface area contributed by atoms with E-state index in [0.29, 0.717) is 31.3 Å². The lowest BCUT2D eigenvalue weighted by atomic mass is 9.83. The number of rotatable bonds is 2. The van der Waals surface area contributed by atoms with Crippen molar-refractivity contribution in [2.24, 2.45) is 11.8 Å². The molecule has 6 nitrogen and oxygen atoms in total. The van der Waals surface area contributed by atoms with Gasteiger partial charge in [0.15, 0.2) is 0 Å². The molecule has 2 unspecified atom stereocenters. The number of allylic oxidation sites excluding steroid dienone is 3. The molecule has 120 valence electrons. The van der Waals surface area contributed by atoms with Gasteiger partial charge in [-0.2, -0.15) is 0 Å². The van der Waals surface area contributed by atoms with Crippen molar-refractivity contribution >= 4 is 12.1 Å². The average molecular weight is 306 g/mol. The van der Waals surface area contributed by atoms with Crippen LogP contribution in [0.15, 0.2) is 24.3 Å². The Bertz CT molecular complexity index is 502. The second-order valence-corrected chi connectivity index (χ2v) is 6.06. The van der Waals surface area contributed by atoms with Crippen molar-refractivity contribution in [3.63, 3.8) is 0 Å². The van der Waals surface area contributed by atoms with Crippen LogP contribution in [-0.4, -0.2) is 55.9 Å². The van der Waals surface area contributed by atoms with Gasteiger partial charge in [0.1, 0.15) is 12.1 Å². The second kappa shape index (κ2) is 6.52. The highest BCUT2D eigenvalue weighted by molar-refractivity contribution is 5.76. The number of carbonyl (C=O) groups excluding carboxylic acids is 2. The summed E-state index contributed by atoms with van der Waals surface area (Å²) >= 11 is 0. The summed E-state index contributed by atoms with van der Waals surface area (Å²) in [5.41, 5.74) is 0. The molecule has 3 aliphatic rings. The Balaban J connectivity index is 1.50. The minimum Gasteiger partial charge on any atom is -0.468 e. The number of nitrogens with zero attached hydrogens (tertiary/aromatic N) is 1. The van der Waals surface area contributed by atoms with Crippen molar-refractivity contribution in [1.29, 1.82) is 0 Å². The van der Waals surface area contributed by atoms with Crippen LogP contribution in [0.25, 0.3) is 0 Å². The molecule has 22 heavy (non-hydrogen) atoms. The van der Waals surface area contributed by atoms with E-state index < -0.39 is 0 Å². The van der Waals surface area contributed by atoms with Crippen LogP contribution in [0.2, 0.25) is 0 Å². The summed E-state index contributed by atoms with van der Waals surface area (Å²) in [6, 6.07) is -0.375. The molecule has 6 heteroatoms. The van der Waals surface area contributed by atoms with Gasteiger partial charge in [-0.15, -0.1) is 0 Å². The molecule has 3 rings (SSSR count). The largest absolute Gasteiger partial charge is 0.468 e. The summed E-state index contributed by atoms with van der Waals surface area (Å²) in [6.45, 7) is 1.91. The third-order valence-corrected chi connectivity index (χ3v) is 4.64. The van der Waals surface area contributed by atoms with Gasteiger partial charge in [-0.1, -0.05) is 24.3 Å². The minimum absolute atomic E-state index is 0.267. The number of piperidine rings is 1. The zero-order chi connectivity index (χ0) is 15.5. The number of ether oxygens (including phenoxy) is 2. The van der Waals surface area contributed by atoms with E-state index in [1.807, 2.05) is 6.08 Å². The number of nitrogens with one attached hydrogen (secondary N) is 1. The van der Waals surface area contributed by atoms with E-state index in [1.54, 1.807) is 4.90 Å². The van der Waals surface area contributed by atoms with Crippen molar-refractivity contribution in [3.05, 3.63) is 24.3 Å². The highest BCUT2D eigenvalue weighted by Crippen LogP contribution is 2.29. The van der Waals surface area contributed by atoms with Crippen molar-refractivity contribution in [3.8, 4) is 0 Å². The van der Waals surface area contributed by atoms with Gasteiger partial charge >= 0.3 is 12.1 Å². The molecule has 0 aromatic rings. The topological polar surface area (TPSA) is 67.9 Å². The van der Waals surface area contributed by atoms with Crippen LogP contribution in [0, 0.1) is 11.8 Å². The predicted molar refractivity (Wildman–Crippen MR) is 80.1 cm³/mol. The highest BCUT2D eigenvalue weighted by Gasteiger charge is 2.35. The molecule has 2 saturated heterocycles. The molecule has 1 amide bonds. The Hall–Kier alpha value is -1.82. The van der Waals surface area contributed by atoms with Crippen LogP contribution >= 0.6 is 0 Å². The molecule has 4 atom stereocenters. The van der Waals surface area contributed by atoms with E-state index in [-0.39, 0.29) is 24.2 Å². The smallest absolute Gasteiger partial charge is 0.410 e. The molecule has 2 heterocycles. The zero-order valence-electron chi connectivity index (χ0n) is 12.7. The van der Waals surface area contributed by atoms with Crippen molar-refractivity contribution in [1.82, 2.24) is 10.2 Å². The van der Waals surface area contributed by atoms with Crippen LogP contribution in [0.3, 0.4) is 0 Å². The molecule has 1 aliphatic carbocycles. The SMILES string of the molecule is COC(=O)[C@@H]1C[C@@H](OC(=O)N2CCC3C=CC=CC3C2)CN1. The van der Waals surface area contributed by atoms with Crippen molar-refractivity contribution in [2.75, 3.05) is 26.7 Å². The second-order valence-electron chi connectivity index (χ2n) is 6.06. The Labute approximate surface area is 130 Å². The van der Waals surface area contributed by atoms with Gasteiger partial charge in [0, 0.05) is 32.0 Å². The monoisotopic (exact) mass is 306 g/mol. The van der Waals surface area contributed by atoms with Gasteiger partial charge in [-0.3, -0.25) is 4.79 Å². The third-order valence-electron chi connectivity index (χ3n) is 4.64. The summed E-state index contributed by atoms with van der Waals surface area (Å²) in [7, 11) is 1.36. The first-order valence-corrected chi connectivity index (χ1v) is 7.79. The molecule has 1 N–H and O–H groups in total. The van der Waals surface area contributed by atoms with Crippen LogP contribution in [0.4, 0.5) is 4.79 Å². The van der Waals surface area contributed by atoms with E-state index >= 15 is 0 Å². The van der Waals surface area contributed by atoms with E-state index in [4.69, 9.17) is 9.47 Å². The summed E-state index contributed by atoms with van der Waals surface area (Å²) < 4.78 is 10.2. The normalized spacial score (nSPS) is 33.4. The van der Waals surface area contributed by atoms with Crippen LogP contribution in [-0.2, 0) is 14.3 Å². The maximum Gasteiger partial charge on any atom is 0.410 e. The Morgan fingerprint density at radius 1 is 1.23 bits per heavy atom. The first-order valence-electron chi connectivity index (χ1n) is 7.79. The van der Waals surface area contributed by atoms with Crippen molar-refractivity contribution in [2.45, 2.75) is 25.0 Å². The molecule has 2 aliphatic heterocycles. The van der Waals surface area contributed by atoms with E-state index in [2.05, 4.69) is 23.5 Å². The Kier molecular flexibility index (Phi) is 4.47. The van der Waals surface area contributed by atoms with Gasteiger partial charge in [-0.05, 0) is 12.3 Å². The molecule has 0 saturated carbocycles. The molecule has 0 bridgehead atoms. The van der Waals surface area contributed by atoms with E-state index in [9.17, 15) is 9.59 Å². The number of methoxy groups -OCH3 is 1. The maximum atomic E-state index is 12.3. The number of likely N-dealkylation sites (tertiary alicyclic amines) is 1. The van der Waals surface area contributed by atoms with Gasteiger partial charge in [0.2, 0.25) is 0 Å². The predicted octanol–water partition coefficient (Wildman–Crippen LogP) is 1.09. The fraction of sp³-hybridized carbons (Fsp3) is 0.625. The molecular weight excluding hydrogens is 284 g/mol. The van der Waals surface area contributed by atoms with Gasteiger partial charge in [0.05, 0.1) is 7.11 Å². The summed E-state index contributed by atoms with van der Waals surface area (Å²) in [5.74, 6) is 0.611. The van der Waals surface area contributed by atoms with Gasteiger partial charge < -0.3 is 19.7 Å². The number of fused-ring (bicyclic) bond motifs is 1. The maximum absolute atomic E-state index is 12.3. The lowest BCUT2D eigenvalue weighted by Crippen LogP contribution is -2.44. The quantitative estimate of drug-likeness (QED) is 0.774. The van der Waals surface area contributed by atoms with E-state index in [1.165, 1.54) is 7.11 Å². The Morgan fingerprint density at radius 3 is 2.77 bits per heavy atom. The number of hydrogen-bond donors (Lipinski definition) is 1. The molecule has 0 spiro atoms. The van der Waals surface area contributed by atoms with Gasteiger partial charge in [-0.25, -0.2) is 4.79 Å².